The van der Waals surface area contributed by atoms with E-state index in [4.69, 9.17) is 25.8 Å². The molecular weight excluding hydrogens is 216 g/mol. The lowest BCUT2D eigenvalue weighted by atomic mass is 10.2. The summed E-state index contributed by atoms with van der Waals surface area (Å²) in [5.41, 5.74) is 1.03. The van der Waals surface area contributed by atoms with Gasteiger partial charge in [0.25, 0.3) is 0 Å². The Kier molecular flexibility index (Phi) is 3.69. The largest absolute Gasteiger partial charge is 0.454 e. The molecule has 0 atom stereocenters. The van der Waals surface area contributed by atoms with E-state index < -0.39 is 0 Å². The maximum absolute atomic E-state index is 5.55. The molecule has 0 N–H and O–H groups in total. The minimum Gasteiger partial charge on any atom is -0.454 e. The molecule has 0 spiro atoms. The van der Waals surface area contributed by atoms with Crippen molar-refractivity contribution in [2.45, 2.75) is 13.0 Å². The van der Waals surface area contributed by atoms with Gasteiger partial charge in [0.2, 0.25) is 6.79 Å². The third-order valence-electron chi connectivity index (χ3n) is 2.16. The van der Waals surface area contributed by atoms with Gasteiger partial charge in [0.15, 0.2) is 11.5 Å². The Labute approximate surface area is 93.9 Å². The molecule has 1 aromatic rings. The van der Waals surface area contributed by atoms with Crippen LogP contribution in [0.25, 0.3) is 0 Å². The number of ether oxygens (including phenoxy) is 3. The number of halogens is 1. The monoisotopic (exact) mass is 228 g/mol. The first-order valence-electron chi connectivity index (χ1n) is 4.93. The number of hydrogen-bond acceptors (Lipinski definition) is 3. The van der Waals surface area contributed by atoms with Gasteiger partial charge in [-0.2, -0.15) is 0 Å². The van der Waals surface area contributed by atoms with E-state index in [2.05, 4.69) is 0 Å². The quantitative estimate of drug-likeness (QED) is 0.573. The SMILES string of the molecule is ClCCCOCc1cccc2c1OCO2. The number of benzene rings is 1. The molecule has 2 rings (SSSR count). The second kappa shape index (κ2) is 5.24. The number of fused-ring (bicyclic) bond motifs is 1. The van der Waals surface area contributed by atoms with Gasteiger partial charge in [-0.3, -0.25) is 0 Å². The Morgan fingerprint density at radius 2 is 2.27 bits per heavy atom. The number of rotatable bonds is 5. The van der Waals surface area contributed by atoms with Crippen molar-refractivity contribution in [2.24, 2.45) is 0 Å². The Balaban J connectivity index is 1.94. The van der Waals surface area contributed by atoms with Gasteiger partial charge in [-0.05, 0) is 12.5 Å². The summed E-state index contributed by atoms with van der Waals surface area (Å²) < 4.78 is 16.1. The van der Waals surface area contributed by atoms with Crippen LogP contribution in [-0.2, 0) is 11.3 Å². The van der Waals surface area contributed by atoms with Crippen LogP contribution in [0.15, 0.2) is 18.2 Å². The van der Waals surface area contributed by atoms with Gasteiger partial charge in [-0.15, -0.1) is 11.6 Å². The average molecular weight is 229 g/mol. The Morgan fingerprint density at radius 3 is 3.13 bits per heavy atom. The molecule has 1 heterocycles. The molecular formula is C11H13ClO3. The molecule has 0 saturated carbocycles. The van der Waals surface area contributed by atoms with Gasteiger partial charge < -0.3 is 14.2 Å². The van der Waals surface area contributed by atoms with Crippen LogP contribution in [0.2, 0.25) is 0 Å². The van der Waals surface area contributed by atoms with E-state index in [1.807, 2.05) is 18.2 Å². The lowest BCUT2D eigenvalue weighted by molar-refractivity contribution is 0.118. The van der Waals surface area contributed by atoms with E-state index in [1.54, 1.807) is 0 Å². The van der Waals surface area contributed by atoms with Crippen LogP contribution in [0.4, 0.5) is 0 Å². The second-order valence-corrected chi connectivity index (χ2v) is 3.62. The molecule has 0 radical (unpaired) electrons. The molecule has 0 saturated heterocycles. The topological polar surface area (TPSA) is 27.7 Å². The molecule has 4 heteroatoms. The van der Waals surface area contributed by atoms with Gasteiger partial charge in [0.1, 0.15) is 0 Å². The van der Waals surface area contributed by atoms with Gasteiger partial charge in [0.05, 0.1) is 6.61 Å². The highest BCUT2D eigenvalue weighted by Gasteiger charge is 2.16. The van der Waals surface area contributed by atoms with Gasteiger partial charge in [-0.25, -0.2) is 0 Å². The fraction of sp³-hybridized carbons (Fsp3) is 0.455. The third-order valence-corrected chi connectivity index (χ3v) is 2.43. The molecule has 0 amide bonds. The highest BCUT2D eigenvalue weighted by atomic mass is 35.5. The van der Waals surface area contributed by atoms with Crippen LogP contribution in [0.3, 0.4) is 0 Å². The summed E-state index contributed by atoms with van der Waals surface area (Å²) >= 11 is 5.55. The zero-order valence-electron chi connectivity index (χ0n) is 8.37. The Bertz CT molecular complexity index is 328. The van der Waals surface area contributed by atoms with Gasteiger partial charge in [-0.1, -0.05) is 12.1 Å². The summed E-state index contributed by atoms with van der Waals surface area (Å²) in [6.07, 6.45) is 0.869. The summed E-state index contributed by atoms with van der Waals surface area (Å²) in [4.78, 5) is 0. The first-order chi connectivity index (χ1) is 7.42. The molecule has 0 fully saturated rings. The maximum Gasteiger partial charge on any atom is 0.231 e. The highest BCUT2D eigenvalue weighted by molar-refractivity contribution is 6.17. The first kappa shape index (κ1) is 10.6. The first-order valence-corrected chi connectivity index (χ1v) is 5.46. The van der Waals surface area contributed by atoms with E-state index >= 15 is 0 Å². The molecule has 1 aliphatic rings. The summed E-state index contributed by atoms with van der Waals surface area (Å²) in [5, 5.41) is 0. The smallest absolute Gasteiger partial charge is 0.231 e. The third kappa shape index (κ3) is 2.55. The molecule has 0 aliphatic carbocycles. The standard InChI is InChI=1S/C11H13ClO3/c12-5-2-6-13-7-9-3-1-4-10-11(9)15-8-14-10/h1,3-4H,2,5-8H2. The van der Waals surface area contributed by atoms with Crippen molar-refractivity contribution in [3.63, 3.8) is 0 Å². The van der Waals surface area contributed by atoms with Crippen molar-refractivity contribution in [2.75, 3.05) is 19.3 Å². The Morgan fingerprint density at radius 1 is 1.33 bits per heavy atom. The zero-order valence-corrected chi connectivity index (χ0v) is 9.13. The van der Waals surface area contributed by atoms with Crippen molar-refractivity contribution >= 4 is 11.6 Å². The minimum atomic E-state index is 0.300. The molecule has 0 unspecified atom stereocenters. The molecule has 82 valence electrons. The van der Waals surface area contributed by atoms with Crippen molar-refractivity contribution < 1.29 is 14.2 Å². The predicted octanol–water partition coefficient (Wildman–Crippen LogP) is 2.56. The van der Waals surface area contributed by atoms with Crippen LogP contribution in [0.1, 0.15) is 12.0 Å². The molecule has 1 aliphatic heterocycles. The van der Waals surface area contributed by atoms with Crippen LogP contribution in [0.5, 0.6) is 11.5 Å². The lowest BCUT2D eigenvalue weighted by Crippen LogP contribution is -1.98. The van der Waals surface area contributed by atoms with Crippen molar-refractivity contribution in [1.29, 1.82) is 0 Å². The minimum absolute atomic E-state index is 0.300. The zero-order chi connectivity index (χ0) is 10.5. The van der Waals surface area contributed by atoms with E-state index in [-0.39, 0.29) is 0 Å². The summed E-state index contributed by atoms with van der Waals surface area (Å²) in [6, 6.07) is 5.81. The van der Waals surface area contributed by atoms with Crippen LogP contribution < -0.4 is 9.47 Å². The fourth-order valence-electron chi connectivity index (χ4n) is 1.44. The number of para-hydroxylation sites is 1. The summed E-state index contributed by atoms with van der Waals surface area (Å²) in [7, 11) is 0. The fourth-order valence-corrected chi connectivity index (χ4v) is 1.55. The van der Waals surface area contributed by atoms with Crippen LogP contribution >= 0.6 is 11.6 Å². The second-order valence-electron chi connectivity index (χ2n) is 3.25. The van der Waals surface area contributed by atoms with E-state index in [1.165, 1.54) is 0 Å². The summed E-state index contributed by atoms with van der Waals surface area (Å²) in [6.45, 7) is 1.52. The molecule has 15 heavy (non-hydrogen) atoms. The summed E-state index contributed by atoms with van der Waals surface area (Å²) in [5.74, 6) is 2.24. The van der Waals surface area contributed by atoms with Crippen LogP contribution in [-0.4, -0.2) is 19.3 Å². The average Bonchev–Trinajstić information content (AvgIpc) is 2.73. The lowest BCUT2D eigenvalue weighted by Gasteiger charge is -2.06. The normalized spacial score (nSPS) is 13.1. The van der Waals surface area contributed by atoms with Gasteiger partial charge in [0, 0.05) is 18.1 Å². The van der Waals surface area contributed by atoms with E-state index in [9.17, 15) is 0 Å². The Hall–Kier alpha value is -0.930. The predicted molar refractivity (Wildman–Crippen MR) is 57.6 cm³/mol. The van der Waals surface area contributed by atoms with E-state index in [0.717, 1.165) is 23.5 Å². The number of hydrogen-bond donors (Lipinski definition) is 0. The van der Waals surface area contributed by atoms with Crippen molar-refractivity contribution in [1.82, 2.24) is 0 Å². The molecule has 3 nitrogen and oxygen atoms in total. The van der Waals surface area contributed by atoms with Crippen LogP contribution in [0, 0.1) is 0 Å². The van der Waals surface area contributed by atoms with Gasteiger partial charge >= 0.3 is 0 Å². The highest BCUT2D eigenvalue weighted by Crippen LogP contribution is 2.35. The molecule has 0 bridgehead atoms. The van der Waals surface area contributed by atoms with E-state index in [0.29, 0.717) is 25.9 Å². The van der Waals surface area contributed by atoms with Crippen molar-refractivity contribution in [3.8, 4) is 11.5 Å². The number of alkyl halides is 1. The molecule has 1 aromatic carbocycles. The maximum atomic E-state index is 5.55. The molecule has 0 aromatic heterocycles. The van der Waals surface area contributed by atoms with Crippen molar-refractivity contribution in [3.05, 3.63) is 23.8 Å².